The van der Waals surface area contributed by atoms with Crippen LogP contribution >= 0.6 is 0 Å². The van der Waals surface area contributed by atoms with Gasteiger partial charge in [-0.2, -0.15) is 0 Å². The standard InChI is InChI=1S/C16H25N3O3S/c1-12-6-3-4-9-15(12)18-16(20)17-11-13-7-5-8-14(10-13)19-23(2,21)22/h5,7-8,10,12,15,19H,3-4,6,9,11H2,1-2H3,(H2,17,18,20)/t12-,15-/m1/s1. The van der Waals surface area contributed by atoms with Gasteiger partial charge in [0.25, 0.3) is 0 Å². The molecule has 1 fully saturated rings. The van der Waals surface area contributed by atoms with Gasteiger partial charge in [0, 0.05) is 18.3 Å². The van der Waals surface area contributed by atoms with Crippen molar-refractivity contribution in [2.45, 2.75) is 45.2 Å². The number of hydrogen-bond acceptors (Lipinski definition) is 3. The number of carbonyl (C=O) groups is 1. The molecule has 128 valence electrons. The quantitative estimate of drug-likeness (QED) is 0.770. The van der Waals surface area contributed by atoms with Crippen molar-refractivity contribution in [3.05, 3.63) is 29.8 Å². The van der Waals surface area contributed by atoms with Gasteiger partial charge >= 0.3 is 6.03 Å². The Morgan fingerprint density at radius 1 is 1.26 bits per heavy atom. The van der Waals surface area contributed by atoms with Gasteiger partial charge in [-0.15, -0.1) is 0 Å². The van der Waals surface area contributed by atoms with Crippen LogP contribution < -0.4 is 15.4 Å². The van der Waals surface area contributed by atoms with Crippen molar-refractivity contribution in [2.24, 2.45) is 5.92 Å². The van der Waals surface area contributed by atoms with Crippen molar-refractivity contribution in [2.75, 3.05) is 11.0 Å². The van der Waals surface area contributed by atoms with Gasteiger partial charge in [0.2, 0.25) is 10.0 Å². The molecule has 1 aromatic carbocycles. The van der Waals surface area contributed by atoms with Gasteiger partial charge in [0.15, 0.2) is 0 Å². The lowest BCUT2D eigenvalue weighted by Gasteiger charge is -2.29. The molecule has 2 amide bonds. The van der Waals surface area contributed by atoms with Crippen LogP contribution in [-0.4, -0.2) is 26.7 Å². The Morgan fingerprint density at radius 3 is 2.70 bits per heavy atom. The molecular formula is C16H25N3O3S. The molecule has 1 aliphatic rings. The number of urea groups is 1. The number of sulfonamides is 1. The average Bonchev–Trinajstić information content (AvgIpc) is 2.46. The Balaban J connectivity index is 1.85. The number of anilines is 1. The summed E-state index contributed by atoms with van der Waals surface area (Å²) in [7, 11) is -3.30. The van der Waals surface area contributed by atoms with Crippen molar-refractivity contribution >= 4 is 21.7 Å². The highest BCUT2D eigenvalue weighted by atomic mass is 32.2. The highest BCUT2D eigenvalue weighted by molar-refractivity contribution is 7.92. The van der Waals surface area contributed by atoms with Crippen molar-refractivity contribution in [1.29, 1.82) is 0 Å². The molecular weight excluding hydrogens is 314 g/mol. The van der Waals surface area contributed by atoms with E-state index in [4.69, 9.17) is 0 Å². The molecule has 0 aromatic heterocycles. The van der Waals surface area contributed by atoms with Crippen LogP contribution in [0.25, 0.3) is 0 Å². The first-order valence-electron chi connectivity index (χ1n) is 7.94. The molecule has 0 bridgehead atoms. The van der Waals surface area contributed by atoms with Gasteiger partial charge in [0.05, 0.1) is 6.26 Å². The summed E-state index contributed by atoms with van der Waals surface area (Å²) in [6.07, 6.45) is 5.69. The fourth-order valence-corrected chi connectivity index (χ4v) is 3.45. The summed E-state index contributed by atoms with van der Waals surface area (Å²) in [5.41, 5.74) is 1.33. The molecule has 7 heteroatoms. The van der Waals surface area contributed by atoms with Crippen molar-refractivity contribution in [3.8, 4) is 0 Å². The second-order valence-corrected chi connectivity index (χ2v) is 8.02. The molecule has 2 rings (SSSR count). The Bertz CT molecular complexity index is 646. The van der Waals surface area contributed by atoms with E-state index in [-0.39, 0.29) is 12.1 Å². The molecule has 6 nitrogen and oxygen atoms in total. The molecule has 0 heterocycles. The lowest BCUT2D eigenvalue weighted by Crippen LogP contribution is -2.45. The zero-order valence-corrected chi connectivity index (χ0v) is 14.4. The molecule has 0 saturated heterocycles. The zero-order valence-electron chi connectivity index (χ0n) is 13.6. The number of benzene rings is 1. The van der Waals surface area contributed by atoms with Crippen LogP contribution in [0.3, 0.4) is 0 Å². The van der Waals surface area contributed by atoms with Crippen LogP contribution in [0.4, 0.5) is 10.5 Å². The maximum absolute atomic E-state index is 12.0. The summed E-state index contributed by atoms with van der Waals surface area (Å²) in [5.74, 6) is 0.511. The second kappa shape index (κ2) is 7.68. The summed E-state index contributed by atoms with van der Waals surface area (Å²) < 4.78 is 24.9. The third-order valence-corrected chi connectivity index (χ3v) is 4.72. The minimum Gasteiger partial charge on any atom is -0.335 e. The van der Waals surface area contributed by atoms with E-state index < -0.39 is 10.0 Å². The lowest BCUT2D eigenvalue weighted by molar-refractivity contribution is 0.221. The van der Waals surface area contributed by atoms with Crippen molar-refractivity contribution in [3.63, 3.8) is 0 Å². The van der Waals surface area contributed by atoms with Gasteiger partial charge in [-0.1, -0.05) is 31.9 Å². The van der Waals surface area contributed by atoms with Gasteiger partial charge in [0.1, 0.15) is 0 Å². The molecule has 0 unspecified atom stereocenters. The van der Waals surface area contributed by atoms with E-state index in [2.05, 4.69) is 22.3 Å². The monoisotopic (exact) mass is 339 g/mol. The highest BCUT2D eigenvalue weighted by Crippen LogP contribution is 2.23. The van der Waals surface area contributed by atoms with Crippen LogP contribution in [0.15, 0.2) is 24.3 Å². The maximum atomic E-state index is 12.0. The molecule has 2 atom stereocenters. The minimum atomic E-state index is -3.30. The molecule has 1 aromatic rings. The Kier molecular flexibility index (Phi) is 5.87. The lowest BCUT2D eigenvalue weighted by atomic mass is 9.86. The van der Waals surface area contributed by atoms with E-state index in [0.29, 0.717) is 18.2 Å². The first kappa shape index (κ1) is 17.6. The van der Waals surface area contributed by atoms with Crippen LogP contribution in [0.1, 0.15) is 38.2 Å². The number of carbonyl (C=O) groups excluding carboxylic acids is 1. The minimum absolute atomic E-state index is 0.176. The predicted octanol–water partition coefficient (Wildman–Crippen LogP) is 2.44. The predicted molar refractivity (Wildman–Crippen MR) is 91.7 cm³/mol. The van der Waals surface area contributed by atoms with Crippen molar-refractivity contribution in [1.82, 2.24) is 10.6 Å². The molecule has 3 N–H and O–H groups in total. The summed E-state index contributed by atoms with van der Waals surface area (Å²) in [5, 5.41) is 5.86. The Hall–Kier alpha value is -1.76. The summed E-state index contributed by atoms with van der Waals surface area (Å²) in [6, 6.07) is 7.05. The third kappa shape index (κ3) is 6.09. The summed E-state index contributed by atoms with van der Waals surface area (Å²) in [4.78, 5) is 12.0. The molecule has 0 aliphatic heterocycles. The first-order valence-corrected chi connectivity index (χ1v) is 9.84. The Morgan fingerprint density at radius 2 is 2.00 bits per heavy atom. The number of rotatable bonds is 5. The molecule has 1 saturated carbocycles. The fourth-order valence-electron chi connectivity index (χ4n) is 2.89. The molecule has 1 aliphatic carbocycles. The first-order chi connectivity index (χ1) is 10.8. The molecule has 0 radical (unpaired) electrons. The topological polar surface area (TPSA) is 87.3 Å². The summed E-state index contributed by atoms with van der Waals surface area (Å²) >= 11 is 0. The van der Waals surface area contributed by atoms with E-state index in [1.807, 2.05) is 6.07 Å². The van der Waals surface area contributed by atoms with E-state index >= 15 is 0 Å². The van der Waals surface area contributed by atoms with Crippen LogP contribution in [-0.2, 0) is 16.6 Å². The van der Waals surface area contributed by atoms with E-state index in [1.165, 1.54) is 6.42 Å². The SMILES string of the molecule is C[C@@H]1CCCC[C@H]1NC(=O)NCc1cccc(NS(C)(=O)=O)c1. The smallest absolute Gasteiger partial charge is 0.315 e. The number of nitrogens with one attached hydrogen (secondary N) is 3. The third-order valence-electron chi connectivity index (χ3n) is 4.11. The van der Waals surface area contributed by atoms with Crippen LogP contribution in [0, 0.1) is 5.92 Å². The number of hydrogen-bond donors (Lipinski definition) is 3. The molecule has 23 heavy (non-hydrogen) atoms. The van der Waals surface area contributed by atoms with Crippen LogP contribution in [0.2, 0.25) is 0 Å². The summed E-state index contributed by atoms with van der Waals surface area (Å²) in [6.45, 7) is 2.52. The number of amides is 2. The fraction of sp³-hybridized carbons (Fsp3) is 0.562. The molecule has 0 spiro atoms. The average molecular weight is 339 g/mol. The highest BCUT2D eigenvalue weighted by Gasteiger charge is 2.22. The van der Waals surface area contributed by atoms with E-state index in [1.54, 1.807) is 18.2 Å². The van der Waals surface area contributed by atoms with E-state index in [0.717, 1.165) is 31.1 Å². The van der Waals surface area contributed by atoms with Crippen molar-refractivity contribution < 1.29 is 13.2 Å². The van der Waals surface area contributed by atoms with Gasteiger partial charge in [-0.25, -0.2) is 13.2 Å². The Labute approximate surface area is 138 Å². The zero-order chi connectivity index (χ0) is 16.9. The van der Waals surface area contributed by atoms with Gasteiger partial charge < -0.3 is 10.6 Å². The maximum Gasteiger partial charge on any atom is 0.315 e. The largest absolute Gasteiger partial charge is 0.335 e. The van der Waals surface area contributed by atoms with Gasteiger partial charge in [-0.05, 0) is 36.5 Å². The van der Waals surface area contributed by atoms with Crippen LogP contribution in [0.5, 0.6) is 0 Å². The second-order valence-electron chi connectivity index (χ2n) is 6.27. The normalized spacial score (nSPS) is 21.5. The van der Waals surface area contributed by atoms with E-state index in [9.17, 15) is 13.2 Å². The van der Waals surface area contributed by atoms with Gasteiger partial charge in [-0.3, -0.25) is 4.72 Å².